The fourth-order valence-corrected chi connectivity index (χ4v) is 3.18. The highest BCUT2D eigenvalue weighted by molar-refractivity contribution is 6.05. The number of para-hydroxylation sites is 1. The van der Waals surface area contributed by atoms with E-state index < -0.39 is 0 Å². The van der Waals surface area contributed by atoms with E-state index in [1.165, 1.54) is 0 Å². The Morgan fingerprint density at radius 2 is 2.00 bits per heavy atom. The third-order valence-corrected chi connectivity index (χ3v) is 4.81. The van der Waals surface area contributed by atoms with Gasteiger partial charge in [0.05, 0.1) is 17.3 Å². The van der Waals surface area contributed by atoms with E-state index >= 15 is 0 Å². The van der Waals surface area contributed by atoms with E-state index in [4.69, 9.17) is 0 Å². The van der Waals surface area contributed by atoms with Crippen LogP contribution in [-0.4, -0.2) is 59.2 Å². The molecule has 3 aromatic rings. The molecule has 1 saturated heterocycles. The number of nitrogens with one attached hydrogen (secondary N) is 2. The predicted octanol–water partition coefficient (Wildman–Crippen LogP) is 1.64. The highest BCUT2D eigenvalue weighted by atomic mass is 16.1. The minimum Gasteiger partial charge on any atom is -0.354 e. The summed E-state index contributed by atoms with van der Waals surface area (Å²) in [6.07, 6.45) is 3.55. The molecule has 134 valence electrons. The van der Waals surface area contributed by atoms with Crippen LogP contribution in [0.5, 0.6) is 0 Å². The fourth-order valence-electron chi connectivity index (χ4n) is 3.18. The number of aromatic amines is 1. The maximum absolute atomic E-state index is 12.5. The van der Waals surface area contributed by atoms with Crippen LogP contribution in [0, 0.1) is 0 Å². The van der Waals surface area contributed by atoms with Gasteiger partial charge in [0, 0.05) is 44.3 Å². The van der Waals surface area contributed by atoms with Crippen LogP contribution in [0.25, 0.3) is 10.9 Å². The average Bonchev–Trinajstić information content (AvgIpc) is 3.16. The number of hydrogen-bond donors (Lipinski definition) is 2. The molecule has 0 saturated carbocycles. The highest BCUT2D eigenvalue weighted by Gasteiger charge is 2.15. The Bertz CT molecular complexity index is 896. The molecule has 1 amide bonds. The molecule has 0 bridgehead atoms. The third kappa shape index (κ3) is 3.39. The van der Waals surface area contributed by atoms with Crippen LogP contribution >= 0.6 is 0 Å². The molecule has 3 heterocycles. The molecule has 1 aromatic carbocycles. The number of anilines is 1. The monoisotopic (exact) mass is 350 g/mol. The van der Waals surface area contributed by atoms with E-state index in [1.807, 2.05) is 30.5 Å². The number of amides is 1. The minimum absolute atomic E-state index is 0.122. The van der Waals surface area contributed by atoms with Crippen molar-refractivity contribution in [1.82, 2.24) is 25.4 Å². The summed E-state index contributed by atoms with van der Waals surface area (Å²) in [5, 5.41) is 10.8. The van der Waals surface area contributed by atoms with Crippen molar-refractivity contribution in [3.63, 3.8) is 0 Å². The number of piperazine rings is 1. The number of carbonyl (C=O) groups excluding carboxylic acids is 1. The second-order valence-electron chi connectivity index (χ2n) is 6.64. The first-order valence-electron chi connectivity index (χ1n) is 8.79. The summed E-state index contributed by atoms with van der Waals surface area (Å²) in [5.41, 5.74) is 2.34. The first-order chi connectivity index (χ1) is 12.7. The Kier molecular flexibility index (Phi) is 4.53. The Morgan fingerprint density at radius 1 is 1.15 bits per heavy atom. The Labute approximate surface area is 152 Å². The molecule has 0 aliphatic carbocycles. The summed E-state index contributed by atoms with van der Waals surface area (Å²) >= 11 is 0. The van der Waals surface area contributed by atoms with Gasteiger partial charge in [0.1, 0.15) is 5.82 Å². The average molecular weight is 350 g/mol. The SMILES string of the molecule is CN1CCN(c2ccc(CNC(=O)c3cccc4cn[nH]c34)cn2)CC1. The molecule has 2 N–H and O–H groups in total. The van der Waals surface area contributed by atoms with E-state index in [1.54, 1.807) is 12.3 Å². The predicted molar refractivity (Wildman–Crippen MR) is 101 cm³/mol. The second-order valence-corrected chi connectivity index (χ2v) is 6.64. The van der Waals surface area contributed by atoms with E-state index in [2.05, 4.69) is 37.3 Å². The molecule has 0 spiro atoms. The normalized spacial score (nSPS) is 15.3. The number of nitrogens with zero attached hydrogens (tertiary/aromatic N) is 4. The molecule has 4 rings (SSSR count). The largest absolute Gasteiger partial charge is 0.354 e. The van der Waals surface area contributed by atoms with Gasteiger partial charge in [-0.15, -0.1) is 0 Å². The van der Waals surface area contributed by atoms with Crippen molar-refractivity contribution in [2.24, 2.45) is 0 Å². The zero-order valence-electron chi connectivity index (χ0n) is 14.8. The van der Waals surface area contributed by atoms with E-state index in [9.17, 15) is 4.79 Å². The zero-order chi connectivity index (χ0) is 17.9. The van der Waals surface area contributed by atoms with Crippen LogP contribution in [0.2, 0.25) is 0 Å². The summed E-state index contributed by atoms with van der Waals surface area (Å²) in [6, 6.07) is 9.64. The van der Waals surface area contributed by atoms with Crippen molar-refractivity contribution >= 4 is 22.6 Å². The van der Waals surface area contributed by atoms with Gasteiger partial charge in [0.25, 0.3) is 5.91 Å². The highest BCUT2D eigenvalue weighted by Crippen LogP contribution is 2.16. The lowest BCUT2D eigenvalue weighted by Crippen LogP contribution is -2.44. The van der Waals surface area contributed by atoms with E-state index in [0.717, 1.165) is 48.5 Å². The smallest absolute Gasteiger partial charge is 0.253 e. The van der Waals surface area contributed by atoms with Crippen molar-refractivity contribution in [3.8, 4) is 0 Å². The van der Waals surface area contributed by atoms with Gasteiger partial charge in [0.15, 0.2) is 0 Å². The van der Waals surface area contributed by atoms with Gasteiger partial charge in [0.2, 0.25) is 0 Å². The lowest BCUT2D eigenvalue weighted by molar-refractivity contribution is 0.0952. The Balaban J connectivity index is 1.39. The molecule has 7 heteroatoms. The number of likely N-dealkylation sites (N-methyl/N-ethyl adjacent to an activating group) is 1. The van der Waals surface area contributed by atoms with Gasteiger partial charge < -0.3 is 15.1 Å². The van der Waals surface area contributed by atoms with Crippen LogP contribution in [0.1, 0.15) is 15.9 Å². The summed E-state index contributed by atoms with van der Waals surface area (Å²) in [4.78, 5) is 21.7. The zero-order valence-corrected chi connectivity index (χ0v) is 14.8. The number of rotatable bonds is 4. The van der Waals surface area contributed by atoms with Gasteiger partial charge in [-0.05, 0) is 24.7 Å². The number of H-pyrrole nitrogens is 1. The van der Waals surface area contributed by atoms with Gasteiger partial charge in [-0.2, -0.15) is 5.10 Å². The molecular weight excluding hydrogens is 328 g/mol. The molecule has 26 heavy (non-hydrogen) atoms. The number of hydrogen-bond acceptors (Lipinski definition) is 5. The van der Waals surface area contributed by atoms with Crippen molar-refractivity contribution in [2.75, 3.05) is 38.1 Å². The maximum atomic E-state index is 12.5. The summed E-state index contributed by atoms with van der Waals surface area (Å²) in [6.45, 7) is 4.54. The van der Waals surface area contributed by atoms with Gasteiger partial charge >= 0.3 is 0 Å². The lowest BCUT2D eigenvalue weighted by Gasteiger charge is -2.33. The van der Waals surface area contributed by atoms with Crippen LogP contribution in [0.4, 0.5) is 5.82 Å². The van der Waals surface area contributed by atoms with Gasteiger partial charge in [-0.25, -0.2) is 4.98 Å². The molecule has 7 nitrogen and oxygen atoms in total. The van der Waals surface area contributed by atoms with Crippen LogP contribution in [0.15, 0.2) is 42.7 Å². The quantitative estimate of drug-likeness (QED) is 0.748. The molecule has 0 atom stereocenters. The first kappa shape index (κ1) is 16.5. The maximum Gasteiger partial charge on any atom is 0.253 e. The summed E-state index contributed by atoms with van der Waals surface area (Å²) in [5.74, 6) is 0.874. The number of benzene rings is 1. The van der Waals surface area contributed by atoms with Crippen LogP contribution < -0.4 is 10.2 Å². The standard InChI is InChI=1S/C19H22N6O/c1-24-7-9-25(10-8-24)17-6-5-14(11-20-17)12-21-19(26)16-4-2-3-15-13-22-23-18(15)16/h2-6,11,13H,7-10,12H2,1H3,(H,21,26)(H,22,23). The molecule has 0 unspecified atom stereocenters. The van der Waals surface area contributed by atoms with Crippen LogP contribution in [0.3, 0.4) is 0 Å². The number of pyridine rings is 1. The summed E-state index contributed by atoms with van der Waals surface area (Å²) in [7, 11) is 2.14. The molecular formula is C19H22N6O. The second kappa shape index (κ2) is 7.13. The van der Waals surface area contributed by atoms with E-state index in [-0.39, 0.29) is 5.91 Å². The topological polar surface area (TPSA) is 77.1 Å². The van der Waals surface area contributed by atoms with Crippen molar-refractivity contribution in [1.29, 1.82) is 0 Å². The Morgan fingerprint density at radius 3 is 2.77 bits per heavy atom. The van der Waals surface area contributed by atoms with Crippen molar-refractivity contribution < 1.29 is 4.79 Å². The number of carbonyl (C=O) groups is 1. The Hall–Kier alpha value is -2.93. The van der Waals surface area contributed by atoms with Gasteiger partial charge in [-0.3, -0.25) is 9.89 Å². The van der Waals surface area contributed by atoms with Crippen molar-refractivity contribution in [2.45, 2.75) is 6.54 Å². The first-order valence-corrected chi connectivity index (χ1v) is 8.79. The molecule has 1 aliphatic rings. The number of fused-ring (bicyclic) bond motifs is 1. The third-order valence-electron chi connectivity index (χ3n) is 4.81. The number of aromatic nitrogens is 3. The molecule has 2 aromatic heterocycles. The minimum atomic E-state index is -0.122. The van der Waals surface area contributed by atoms with Crippen molar-refractivity contribution in [3.05, 3.63) is 53.9 Å². The molecule has 1 fully saturated rings. The fraction of sp³-hybridized carbons (Fsp3) is 0.316. The van der Waals surface area contributed by atoms with Gasteiger partial charge in [-0.1, -0.05) is 18.2 Å². The van der Waals surface area contributed by atoms with Crippen LogP contribution in [-0.2, 0) is 6.54 Å². The molecule has 0 radical (unpaired) electrons. The molecule has 1 aliphatic heterocycles. The van der Waals surface area contributed by atoms with E-state index in [0.29, 0.717) is 12.1 Å². The lowest BCUT2D eigenvalue weighted by atomic mass is 10.1. The summed E-state index contributed by atoms with van der Waals surface area (Å²) < 4.78 is 0.